The molecule has 3 rings (SSSR count). The molecule has 0 unspecified atom stereocenters. The lowest BCUT2D eigenvalue weighted by Crippen LogP contribution is -2.15. The van der Waals surface area contributed by atoms with Gasteiger partial charge in [-0.05, 0) is 31.9 Å². The van der Waals surface area contributed by atoms with Crippen molar-refractivity contribution in [2.45, 2.75) is 26.2 Å². The fraction of sp³-hybridized carbons (Fsp3) is 0.312. The van der Waals surface area contributed by atoms with Crippen molar-refractivity contribution in [2.75, 3.05) is 6.61 Å². The highest BCUT2D eigenvalue weighted by atomic mass is 16.6. The maximum atomic E-state index is 12.3. The minimum atomic E-state index is -0.635. The fourth-order valence-electron chi connectivity index (χ4n) is 2.79. The molecule has 124 valence electrons. The van der Waals surface area contributed by atoms with Crippen LogP contribution in [0.15, 0.2) is 24.3 Å². The number of ether oxygens (including phenoxy) is 1. The second-order valence-corrected chi connectivity index (χ2v) is 5.35. The van der Waals surface area contributed by atoms with Gasteiger partial charge in [-0.2, -0.15) is 5.10 Å². The van der Waals surface area contributed by atoms with Gasteiger partial charge < -0.3 is 4.74 Å². The molecule has 8 heteroatoms. The summed E-state index contributed by atoms with van der Waals surface area (Å²) in [6, 6.07) is 5.80. The number of carbonyl (C=O) groups excluding carboxylic acids is 2. The van der Waals surface area contributed by atoms with Crippen LogP contribution in [0.3, 0.4) is 0 Å². The topological polar surface area (TPSA) is 104 Å². The van der Waals surface area contributed by atoms with Crippen molar-refractivity contribution in [3.63, 3.8) is 0 Å². The predicted octanol–water partition coefficient (Wildman–Crippen LogP) is 2.48. The Hall–Kier alpha value is -3.03. The monoisotopic (exact) mass is 329 g/mol. The van der Waals surface area contributed by atoms with E-state index in [0.717, 1.165) is 0 Å². The zero-order chi connectivity index (χ0) is 17.3. The summed E-state index contributed by atoms with van der Waals surface area (Å²) >= 11 is 0. The van der Waals surface area contributed by atoms with Gasteiger partial charge in [0.1, 0.15) is 0 Å². The number of carbonyl (C=O) groups is 2. The second kappa shape index (κ2) is 6.23. The van der Waals surface area contributed by atoms with E-state index in [-0.39, 0.29) is 23.8 Å². The van der Waals surface area contributed by atoms with Crippen molar-refractivity contribution < 1.29 is 19.2 Å². The van der Waals surface area contributed by atoms with Crippen LogP contribution in [-0.4, -0.2) is 33.1 Å². The molecule has 1 aliphatic rings. The van der Waals surface area contributed by atoms with Gasteiger partial charge in [0.2, 0.25) is 0 Å². The van der Waals surface area contributed by atoms with Crippen LogP contribution in [0.25, 0.3) is 5.69 Å². The Labute approximate surface area is 137 Å². The van der Waals surface area contributed by atoms with Crippen molar-refractivity contribution in [1.82, 2.24) is 9.78 Å². The number of esters is 1. The first-order valence-electron chi connectivity index (χ1n) is 7.60. The lowest BCUT2D eigenvalue weighted by Gasteiger charge is -2.13. The third-order valence-electron chi connectivity index (χ3n) is 3.85. The molecule has 1 aromatic heterocycles. The Bertz CT molecular complexity index is 823. The van der Waals surface area contributed by atoms with E-state index in [1.165, 1.54) is 16.8 Å². The lowest BCUT2D eigenvalue weighted by atomic mass is 9.94. The quantitative estimate of drug-likeness (QED) is 0.485. The molecular formula is C16H15N3O5. The Morgan fingerprint density at radius 2 is 2.04 bits per heavy atom. The van der Waals surface area contributed by atoms with E-state index >= 15 is 0 Å². The van der Waals surface area contributed by atoms with Crippen molar-refractivity contribution in [2.24, 2.45) is 0 Å². The molecule has 1 heterocycles. The number of hydrogen-bond donors (Lipinski definition) is 0. The summed E-state index contributed by atoms with van der Waals surface area (Å²) in [5, 5.41) is 15.0. The largest absolute Gasteiger partial charge is 0.461 e. The Morgan fingerprint density at radius 3 is 2.67 bits per heavy atom. The summed E-state index contributed by atoms with van der Waals surface area (Å²) in [6.07, 6.45) is 1.64. The van der Waals surface area contributed by atoms with Crippen molar-refractivity contribution in [1.29, 1.82) is 0 Å². The predicted molar refractivity (Wildman–Crippen MR) is 83.4 cm³/mol. The molecule has 0 N–H and O–H groups in total. The third kappa shape index (κ3) is 2.66. The maximum Gasteiger partial charge on any atom is 0.359 e. The van der Waals surface area contributed by atoms with E-state index < -0.39 is 10.9 Å². The zero-order valence-electron chi connectivity index (χ0n) is 13.0. The molecule has 0 aliphatic heterocycles. The summed E-state index contributed by atoms with van der Waals surface area (Å²) < 4.78 is 6.49. The van der Waals surface area contributed by atoms with Crippen LogP contribution in [-0.2, 0) is 11.2 Å². The minimum absolute atomic E-state index is 0.00917. The molecule has 0 radical (unpaired) electrons. The average molecular weight is 329 g/mol. The molecule has 0 atom stereocenters. The number of nitrogens with zero attached hydrogens (tertiary/aromatic N) is 3. The Morgan fingerprint density at radius 1 is 1.33 bits per heavy atom. The number of benzene rings is 1. The normalized spacial score (nSPS) is 13.5. The number of hydrogen-bond acceptors (Lipinski definition) is 6. The summed E-state index contributed by atoms with van der Waals surface area (Å²) in [4.78, 5) is 34.6. The molecule has 8 nitrogen and oxygen atoms in total. The van der Waals surface area contributed by atoms with E-state index in [4.69, 9.17) is 4.74 Å². The maximum absolute atomic E-state index is 12.3. The summed E-state index contributed by atoms with van der Waals surface area (Å²) in [6.45, 7) is 1.87. The Kier molecular flexibility index (Phi) is 4.11. The highest BCUT2D eigenvalue weighted by Gasteiger charge is 2.31. The summed E-state index contributed by atoms with van der Waals surface area (Å²) in [5.41, 5.74) is 1.47. The molecule has 0 amide bonds. The highest BCUT2D eigenvalue weighted by Crippen LogP contribution is 2.28. The lowest BCUT2D eigenvalue weighted by molar-refractivity contribution is -0.384. The zero-order valence-corrected chi connectivity index (χ0v) is 13.0. The molecule has 0 saturated heterocycles. The number of Topliss-reactive ketones (excluding diaryl/α,β-unsaturated/α-hetero) is 1. The van der Waals surface area contributed by atoms with Crippen LogP contribution < -0.4 is 0 Å². The van der Waals surface area contributed by atoms with E-state index in [9.17, 15) is 19.7 Å². The highest BCUT2D eigenvalue weighted by molar-refractivity contribution is 6.07. The van der Waals surface area contributed by atoms with Gasteiger partial charge >= 0.3 is 5.97 Å². The molecule has 0 saturated carbocycles. The van der Waals surface area contributed by atoms with Crippen LogP contribution in [0.4, 0.5) is 5.69 Å². The number of non-ortho nitro benzene ring substituents is 1. The molecule has 1 aliphatic carbocycles. The van der Waals surface area contributed by atoms with Crippen molar-refractivity contribution >= 4 is 17.4 Å². The van der Waals surface area contributed by atoms with Gasteiger partial charge in [0, 0.05) is 18.6 Å². The molecule has 2 aromatic rings. The fourth-order valence-corrected chi connectivity index (χ4v) is 2.79. The first-order valence-corrected chi connectivity index (χ1v) is 7.60. The van der Waals surface area contributed by atoms with E-state index in [0.29, 0.717) is 36.2 Å². The van der Waals surface area contributed by atoms with Gasteiger partial charge in [-0.1, -0.05) is 0 Å². The molecule has 0 fully saturated rings. The number of rotatable bonds is 4. The van der Waals surface area contributed by atoms with Crippen LogP contribution in [0, 0.1) is 10.1 Å². The Balaban J connectivity index is 2.11. The van der Waals surface area contributed by atoms with Crippen LogP contribution in [0.2, 0.25) is 0 Å². The SMILES string of the molecule is CCOC(=O)c1nn(-c2ccc([N+](=O)[O-])cc2)c2c1C(=O)CCC2. The first-order chi connectivity index (χ1) is 11.5. The number of fused-ring (bicyclic) bond motifs is 1. The molecular weight excluding hydrogens is 314 g/mol. The van der Waals surface area contributed by atoms with Crippen LogP contribution in [0.5, 0.6) is 0 Å². The minimum Gasteiger partial charge on any atom is -0.461 e. The third-order valence-corrected chi connectivity index (χ3v) is 3.85. The summed E-state index contributed by atoms with van der Waals surface area (Å²) in [7, 11) is 0. The number of aromatic nitrogens is 2. The summed E-state index contributed by atoms with van der Waals surface area (Å²) in [5.74, 6) is -0.767. The first kappa shape index (κ1) is 15.9. The standard InChI is InChI=1S/C16H15N3O5/c1-2-24-16(21)15-14-12(4-3-5-13(14)20)18(17-15)10-6-8-11(9-7-10)19(22)23/h6-9H,2-5H2,1H3. The molecule has 0 bridgehead atoms. The average Bonchev–Trinajstić information content (AvgIpc) is 2.96. The number of ketones is 1. The van der Waals surface area contributed by atoms with Gasteiger partial charge in [0.15, 0.2) is 11.5 Å². The molecule has 1 aromatic carbocycles. The van der Waals surface area contributed by atoms with Crippen LogP contribution in [0.1, 0.15) is 46.3 Å². The number of nitro benzene ring substituents is 1. The van der Waals surface area contributed by atoms with Gasteiger partial charge in [0.25, 0.3) is 5.69 Å². The van der Waals surface area contributed by atoms with Gasteiger partial charge in [-0.3, -0.25) is 14.9 Å². The van der Waals surface area contributed by atoms with Gasteiger partial charge in [-0.25, -0.2) is 9.48 Å². The molecule has 24 heavy (non-hydrogen) atoms. The molecule has 0 spiro atoms. The van der Waals surface area contributed by atoms with Crippen molar-refractivity contribution in [3.8, 4) is 5.69 Å². The van der Waals surface area contributed by atoms with E-state index in [1.807, 2.05) is 0 Å². The van der Waals surface area contributed by atoms with E-state index in [2.05, 4.69) is 5.10 Å². The van der Waals surface area contributed by atoms with Gasteiger partial charge in [-0.15, -0.1) is 0 Å². The van der Waals surface area contributed by atoms with Crippen molar-refractivity contribution in [3.05, 3.63) is 51.3 Å². The van der Waals surface area contributed by atoms with E-state index in [1.54, 1.807) is 19.1 Å². The smallest absolute Gasteiger partial charge is 0.359 e. The van der Waals surface area contributed by atoms with Gasteiger partial charge in [0.05, 0.1) is 28.5 Å². The van der Waals surface area contributed by atoms with Crippen LogP contribution >= 0.6 is 0 Å². The number of nitro groups is 1. The second-order valence-electron chi connectivity index (χ2n) is 5.35.